The van der Waals surface area contributed by atoms with E-state index in [0.29, 0.717) is 24.2 Å². The van der Waals surface area contributed by atoms with Gasteiger partial charge in [0.2, 0.25) is 0 Å². The fourth-order valence-electron chi connectivity index (χ4n) is 6.21. The molecule has 0 aromatic carbocycles. The lowest BCUT2D eigenvalue weighted by molar-refractivity contribution is 0.134. The molecule has 2 heterocycles. The van der Waals surface area contributed by atoms with E-state index in [4.69, 9.17) is 0 Å². The maximum absolute atomic E-state index is 2.50. The summed E-state index contributed by atoms with van der Waals surface area (Å²) in [6.07, 6.45) is 11.9. The van der Waals surface area contributed by atoms with Crippen LogP contribution < -0.4 is 0 Å². The van der Waals surface area contributed by atoms with Crippen LogP contribution in [0.2, 0.25) is 0 Å². The summed E-state index contributed by atoms with van der Waals surface area (Å²) in [4.78, 5) is 10.00. The van der Waals surface area contributed by atoms with Gasteiger partial charge in [-0.3, -0.25) is 0 Å². The van der Waals surface area contributed by atoms with Crippen LogP contribution in [0.5, 0.6) is 0 Å². The third kappa shape index (κ3) is 3.76. The van der Waals surface area contributed by atoms with Gasteiger partial charge in [0.15, 0.2) is 0 Å². The summed E-state index contributed by atoms with van der Waals surface area (Å²) in [5.41, 5.74) is 6.44. The number of hydrogen-bond acceptors (Lipinski definition) is 4. The minimum Gasteiger partial charge on any atom is -0.356 e. The van der Waals surface area contributed by atoms with E-state index in [-0.39, 0.29) is 0 Å². The molecule has 0 spiro atoms. The number of rotatable bonds is 2. The molecule has 0 bridgehead atoms. The Bertz CT molecular complexity index is 520. The molecule has 0 radical (unpaired) electrons. The first-order valence-corrected chi connectivity index (χ1v) is 11.6. The highest BCUT2D eigenvalue weighted by Gasteiger charge is 2.36. The number of allylic oxidation sites excluding steroid dienone is 4. The zero-order valence-corrected chi connectivity index (χ0v) is 19.8. The van der Waals surface area contributed by atoms with E-state index in [1.807, 2.05) is 0 Å². The fourth-order valence-corrected chi connectivity index (χ4v) is 6.21. The van der Waals surface area contributed by atoms with Gasteiger partial charge < -0.3 is 19.6 Å². The van der Waals surface area contributed by atoms with Crippen molar-refractivity contribution in [3.05, 3.63) is 22.8 Å². The second kappa shape index (κ2) is 8.59. The highest BCUT2D eigenvalue weighted by molar-refractivity contribution is 5.22. The highest BCUT2D eigenvalue weighted by Crippen LogP contribution is 2.39. The Labute approximate surface area is 174 Å². The Hall–Kier alpha value is -1.32. The Kier molecular flexibility index (Phi) is 6.56. The van der Waals surface area contributed by atoms with Gasteiger partial charge in [0.1, 0.15) is 12.3 Å². The Morgan fingerprint density at radius 2 is 0.714 bits per heavy atom. The molecule has 0 saturated carbocycles. The van der Waals surface area contributed by atoms with Gasteiger partial charge in [-0.2, -0.15) is 0 Å². The highest BCUT2D eigenvalue weighted by atomic mass is 15.4. The summed E-state index contributed by atoms with van der Waals surface area (Å²) in [7, 11) is 9.04. The van der Waals surface area contributed by atoms with E-state index in [9.17, 15) is 0 Å². The van der Waals surface area contributed by atoms with Crippen LogP contribution in [0.1, 0.15) is 79.1 Å². The molecular formula is C24H44N4. The van der Waals surface area contributed by atoms with Crippen LogP contribution in [0, 0.1) is 11.8 Å². The quantitative estimate of drug-likeness (QED) is 0.639. The smallest absolute Gasteiger partial charge is 0.103 e. The second-order valence-electron chi connectivity index (χ2n) is 9.96. The van der Waals surface area contributed by atoms with E-state index in [0.717, 1.165) is 0 Å². The average molecular weight is 389 g/mol. The van der Waals surface area contributed by atoms with E-state index in [2.05, 4.69) is 75.5 Å². The molecule has 4 heteroatoms. The molecule has 2 aliphatic heterocycles. The SMILES string of the molecule is CC(C)C1N(C)C2=C(CCCC2)N1C.CC(C)C1N(C)C2=C(CCCC2)N1C. The minimum absolute atomic E-state index is 0.595. The second-order valence-corrected chi connectivity index (χ2v) is 9.96. The van der Waals surface area contributed by atoms with E-state index >= 15 is 0 Å². The van der Waals surface area contributed by atoms with Crippen molar-refractivity contribution in [2.24, 2.45) is 11.8 Å². The summed E-state index contributed by atoms with van der Waals surface area (Å²) in [6, 6.07) is 0. The standard InChI is InChI=1S/2C12H22N2/c2*1-9(2)12-13(3)10-7-5-6-8-11(10)14(12)4/h2*9,12H,5-8H2,1-4H3. The van der Waals surface area contributed by atoms with Crippen molar-refractivity contribution in [1.29, 1.82) is 0 Å². The van der Waals surface area contributed by atoms with E-state index < -0.39 is 0 Å². The third-order valence-electron chi connectivity index (χ3n) is 7.30. The van der Waals surface area contributed by atoms with E-state index in [1.165, 1.54) is 51.4 Å². The minimum atomic E-state index is 0.595. The summed E-state index contributed by atoms with van der Waals surface area (Å²) in [6.45, 7) is 9.26. The molecule has 0 amide bonds. The zero-order valence-electron chi connectivity index (χ0n) is 19.8. The van der Waals surface area contributed by atoms with Gasteiger partial charge in [0, 0.05) is 51.0 Å². The molecule has 0 unspecified atom stereocenters. The van der Waals surface area contributed by atoms with Crippen LogP contribution in [0.4, 0.5) is 0 Å². The molecule has 0 saturated heterocycles. The van der Waals surface area contributed by atoms with E-state index in [1.54, 1.807) is 22.8 Å². The Morgan fingerprint density at radius 1 is 0.500 bits per heavy atom. The van der Waals surface area contributed by atoms with Crippen LogP contribution >= 0.6 is 0 Å². The first-order valence-electron chi connectivity index (χ1n) is 11.6. The molecule has 0 fully saturated rings. The van der Waals surface area contributed by atoms with Gasteiger partial charge in [0.25, 0.3) is 0 Å². The van der Waals surface area contributed by atoms with Crippen molar-refractivity contribution < 1.29 is 0 Å². The fraction of sp³-hybridized carbons (Fsp3) is 0.833. The first-order chi connectivity index (χ1) is 13.3. The lowest BCUT2D eigenvalue weighted by Gasteiger charge is -2.33. The summed E-state index contributed by atoms with van der Waals surface area (Å²) in [5, 5.41) is 0. The summed E-state index contributed by atoms with van der Waals surface area (Å²) in [5.74, 6) is 1.41. The van der Waals surface area contributed by atoms with Gasteiger partial charge in [0.05, 0.1) is 0 Å². The van der Waals surface area contributed by atoms with Gasteiger partial charge >= 0.3 is 0 Å². The molecule has 0 aromatic rings. The van der Waals surface area contributed by atoms with Gasteiger partial charge in [-0.15, -0.1) is 0 Å². The van der Waals surface area contributed by atoms with Crippen LogP contribution in [-0.4, -0.2) is 60.1 Å². The molecule has 160 valence electrons. The molecule has 4 aliphatic rings. The van der Waals surface area contributed by atoms with Gasteiger partial charge in [-0.05, 0) is 63.2 Å². The largest absolute Gasteiger partial charge is 0.356 e. The summed E-state index contributed by atoms with van der Waals surface area (Å²) < 4.78 is 0. The summed E-state index contributed by atoms with van der Waals surface area (Å²) >= 11 is 0. The van der Waals surface area contributed by atoms with Crippen LogP contribution in [0.15, 0.2) is 22.8 Å². The van der Waals surface area contributed by atoms with Crippen molar-refractivity contribution in [3.8, 4) is 0 Å². The molecular weight excluding hydrogens is 344 g/mol. The topological polar surface area (TPSA) is 13.0 Å². The predicted octanol–water partition coefficient (Wildman–Crippen LogP) is 5.26. The third-order valence-corrected chi connectivity index (χ3v) is 7.30. The van der Waals surface area contributed by atoms with Crippen LogP contribution in [0.3, 0.4) is 0 Å². The van der Waals surface area contributed by atoms with Crippen molar-refractivity contribution in [3.63, 3.8) is 0 Å². The normalized spacial score (nSPS) is 23.8. The molecule has 4 nitrogen and oxygen atoms in total. The van der Waals surface area contributed by atoms with Crippen molar-refractivity contribution in [1.82, 2.24) is 19.6 Å². The molecule has 2 aliphatic carbocycles. The maximum atomic E-state index is 2.50. The monoisotopic (exact) mass is 388 g/mol. The number of hydrogen-bond donors (Lipinski definition) is 0. The molecule has 0 aromatic heterocycles. The van der Waals surface area contributed by atoms with Crippen molar-refractivity contribution in [2.45, 2.75) is 91.4 Å². The first kappa shape index (κ1) is 21.4. The molecule has 4 rings (SSSR count). The molecule has 0 atom stereocenters. The van der Waals surface area contributed by atoms with Gasteiger partial charge in [-0.1, -0.05) is 27.7 Å². The van der Waals surface area contributed by atoms with Crippen LogP contribution in [0.25, 0.3) is 0 Å². The van der Waals surface area contributed by atoms with Crippen LogP contribution in [-0.2, 0) is 0 Å². The molecule has 0 N–H and O–H groups in total. The molecule has 28 heavy (non-hydrogen) atoms. The van der Waals surface area contributed by atoms with Crippen molar-refractivity contribution >= 4 is 0 Å². The zero-order chi connectivity index (χ0) is 20.6. The maximum Gasteiger partial charge on any atom is 0.103 e. The number of nitrogens with zero attached hydrogens (tertiary/aromatic N) is 4. The Balaban J connectivity index is 0.000000161. The predicted molar refractivity (Wildman–Crippen MR) is 119 cm³/mol. The van der Waals surface area contributed by atoms with Gasteiger partial charge in [-0.25, -0.2) is 0 Å². The van der Waals surface area contributed by atoms with Crippen molar-refractivity contribution in [2.75, 3.05) is 28.2 Å². The Morgan fingerprint density at radius 3 is 0.893 bits per heavy atom. The lowest BCUT2D eigenvalue weighted by atomic mass is 10.0. The lowest BCUT2D eigenvalue weighted by Crippen LogP contribution is -2.40. The average Bonchev–Trinajstić information content (AvgIpc) is 3.07.